The van der Waals surface area contributed by atoms with E-state index in [4.69, 9.17) is 5.73 Å². The lowest BCUT2D eigenvalue weighted by molar-refractivity contribution is 0.315. The molecule has 1 aliphatic carbocycles. The average Bonchev–Trinajstić information content (AvgIpc) is 2.64. The summed E-state index contributed by atoms with van der Waals surface area (Å²) >= 11 is 0. The van der Waals surface area contributed by atoms with Gasteiger partial charge in [-0.1, -0.05) is 12.1 Å². The summed E-state index contributed by atoms with van der Waals surface area (Å²) in [5.41, 5.74) is 7.59. The summed E-state index contributed by atoms with van der Waals surface area (Å²) in [6.07, 6.45) is 5.59. The van der Waals surface area contributed by atoms with Crippen LogP contribution < -0.4 is 5.73 Å². The molecule has 0 bridgehead atoms. The monoisotopic (exact) mass is 214 g/mol. The van der Waals surface area contributed by atoms with Crippen molar-refractivity contribution in [2.24, 2.45) is 0 Å². The van der Waals surface area contributed by atoms with Gasteiger partial charge in [-0.05, 0) is 31.4 Å². The average molecular weight is 214 g/mol. The molecule has 0 unspecified atom stereocenters. The maximum absolute atomic E-state index is 5.78. The number of aromatic nitrogens is 3. The Bertz CT molecular complexity index is 499. The highest BCUT2D eigenvalue weighted by molar-refractivity contribution is 5.61. The molecule has 4 nitrogen and oxygen atoms in total. The van der Waals surface area contributed by atoms with Crippen LogP contribution in [0.5, 0.6) is 0 Å². The number of hydrogen-bond acceptors (Lipinski definition) is 3. The minimum atomic E-state index is 0.575. The van der Waals surface area contributed by atoms with Crippen molar-refractivity contribution in [2.75, 3.05) is 5.73 Å². The van der Waals surface area contributed by atoms with Gasteiger partial charge in [-0.3, -0.25) is 0 Å². The molecule has 1 saturated carbocycles. The highest BCUT2D eigenvalue weighted by Crippen LogP contribution is 2.34. The summed E-state index contributed by atoms with van der Waals surface area (Å²) in [6.45, 7) is 0. The summed E-state index contributed by atoms with van der Waals surface area (Å²) in [7, 11) is 0. The molecule has 0 saturated heterocycles. The second kappa shape index (κ2) is 3.63. The van der Waals surface area contributed by atoms with Crippen LogP contribution in [0.1, 0.15) is 25.3 Å². The fourth-order valence-electron chi connectivity index (χ4n) is 2.06. The zero-order valence-corrected chi connectivity index (χ0v) is 9.00. The summed E-state index contributed by atoms with van der Waals surface area (Å²) in [5.74, 6) is 0.928. The third kappa shape index (κ3) is 1.46. The van der Waals surface area contributed by atoms with Gasteiger partial charge in [0, 0.05) is 17.3 Å². The fourth-order valence-corrected chi connectivity index (χ4v) is 2.06. The van der Waals surface area contributed by atoms with Crippen LogP contribution in [0, 0.1) is 0 Å². The maximum Gasteiger partial charge on any atom is 0.164 e. The van der Waals surface area contributed by atoms with E-state index in [0.29, 0.717) is 6.04 Å². The third-order valence-corrected chi connectivity index (χ3v) is 3.19. The molecule has 0 radical (unpaired) electrons. The van der Waals surface area contributed by atoms with Crippen LogP contribution in [0.3, 0.4) is 0 Å². The second-order valence-electron chi connectivity index (χ2n) is 4.27. The van der Waals surface area contributed by atoms with E-state index in [9.17, 15) is 0 Å². The number of anilines is 1. The summed E-state index contributed by atoms with van der Waals surface area (Å²) in [5, 5.41) is 8.19. The molecule has 1 heterocycles. The minimum absolute atomic E-state index is 0.575. The Hall–Kier alpha value is -1.84. The van der Waals surface area contributed by atoms with Crippen LogP contribution in [0.15, 0.2) is 30.6 Å². The third-order valence-electron chi connectivity index (χ3n) is 3.19. The Labute approximate surface area is 94.1 Å². The van der Waals surface area contributed by atoms with Gasteiger partial charge in [0.2, 0.25) is 0 Å². The molecule has 3 rings (SSSR count). The van der Waals surface area contributed by atoms with Gasteiger partial charge in [0.15, 0.2) is 5.82 Å². The molecule has 1 fully saturated rings. The van der Waals surface area contributed by atoms with E-state index in [2.05, 4.69) is 14.8 Å². The number of nitrogens with zero attached hydrogens (tertiary/aromatic N) is 3. The first-order chi connectivity index (χ1) is 7.84. The molecule has 16 heavy (non-hydrogen) atoms. The molecule has 1 aromatic heterocycles. The number of hydrogen-bond donors (Lipinski definition) is 1. The number of nitrogens with two attached hydrogens (primary N) is 1. The summed E-state index contributed by atoms with van der Waals surface area (Å²) < 4.78 is 2.16. The van der Waals surface area contributed by atoms with Crippen LogP contribution >= 0.6 is 0 Å². The zero-order valence-electron chi connectivity index (χ0n) is 9.00. The standard InChI is InChI=1S/C12H14N4/c13-10-4-1-3-9(7-10)12-15-14-8-16(12)11-5-2-6-11/h1,3-4,7-8,11H,2,5-6,13H2. The predicted octanol–water partition coefficient (Wildman–Crippen LogP) is 2.25. The van der Waals surface area contributed by atoms with Gasteiger partial charge in [0.05, 0.1) is 0 Å². The molecule has 1 aromatic carbocycles. The van der Waals surface area contributed by atoms with Gasteiger partial charge in [-0.15, -0.1) is 10.2 Å². The van der Waals surface area contributed by atoms with Gasteiger partial charge in [-0.2, -0.15) is 0 Å². The molecule has 0 amide bonds. The molecule has 0 aliphatic heterocycles. The molecule has 2 aromatic rings. The zero-order chi connectivity index (χ0) is 11.0. The Morgan fingerprint density at radius 3 is 2.88 bits per heavy atom. The molecule has 4 heteroatoms. The van der Waals surface area contributed by atoms with E-state index in [0.717, 1.165) is 17.1 Å². The largest absolute Gasteiger partial charge is 0.399 e. The van der Waals surface area contributed by atoms with Gasteiger partial charge in [0.25, 0.3) is 0 Å². The van der Waals surface area contributed by atoms with Gasteiger partial charge < -0.3 is 10.3 Å². The molecule has 2 N–H and O–H groups in total. The Kier molecular flexibility index (Phi) is 2.13. The smallest absolute Gasteiger partial charge is 0.164 e. The van der Waals surface area contributed by atoms with Crippen molar-refractivity contribution in [1.29, 1.82) is 0 Å². The topological polar surface area (TPSA) is 56.7 Å². The Morgan fingerprint density at radius 2 is 2.19 bits per heavy atom. The minimum Gasteiger partial charge on any atom is -0.399 e. The van der Waals surface area contributed by atoms with E-state index >= 15 is 0 Å². The van der Waals surface area contributed by atoms with Gasteiger partial charge >= 0.3 is 0 Å². The van der Waals surface area contributed by atoms with Crippen molar-refractivity contribution in [3.63, 3.8) is 0 Å². The van der Waals surface area contributed by atoms with Crippen LogP contribution in [0.25, 0.3) is 11.4 Å². The van der Waals surface area contributed by atoms with Crippen molar-refractivity contribution < 1.29 is 0 Å². The first-order valence-electron chi connectivity index (χ1n) is 5.60. The number of benzene rings is 1. The molecular weight excluding hydrogens is 200 g/mol. The predicted molar refractivity (Wildman–Crippen MR) is 62.8 cm³/mol. The normalized spacial score (nSPS) is 16.0. The van der Waals surface area contributed by atoms with Crippen LogP contribution in [0.2, 0.25) is 0 Å². The van der Waals surface area contributed by atoms with Crippen molar-refractivity contribution in [1.82, 2.24) is 14.8 Å². The lowest BCUT2D eigenvalue weighted by Gasteiger charge is -2.27. The van der Waals surface area contributed by atoms with Crippen LogP contribution in [-0.2, 0) is 0 Å². The molecule has 1 aliphatic rings. The van der Waals surface area contributed by atoms with Crippen molar-refractivity contribution in [3.8, 4) is 11.4 Å². The highest BCUT2D eigenvalue weighted by atomic mass is 15.3. The molecule has 82 valence electrons. The SMILES string of the molecule is Nc1cccc(-c2nncn2C2CCC2)c1. The van der Waals surface area contributed by atoms with Gasteiger partial charge in [0.1, 0.15) is 6.33 Å². The molecular formula is C12H14N4. The van der Waals surface area contributed by atoms with E-state index in [1.807, 2.05) is 30.6 Å². The molecule has 0 spiro atoms. The summed E-state index contributed by atoms with van der Waals surface area (Å²) in [6, 6.07) is 8.37. The van der Waals surface area contributed by atoms with Crippen LogP contribution in [0.4, 0.5) is 5.69 Å². The Morgan fingerprint density at radius 1 is 1.31 bits per heavy atom. The van der Waals surface area contributed by atoms with Crippen LogP contribution in [-0.4, -0.2) is 14.8 Å². The quantitative estimate of drug-likeness (QED) is 0.780. The van der Waals surface area contributed by atoms with Crippen molar-refractivity contribution >= 4 is 5.69 Å². The van der Waals surface area contributed by atoms with Gasteiger partial charge in [-0.25, -0.2) is 0 Å². The lowest BCUT2D eigenvalue weighted by Crippen LogP contribution is -2.17. The first-order valence-corrected chi connectivity index (χ1v) is 5.60. The Balaban J connectivity index is 2.02. The lowest BCUT2D eigenvalue weighted by atomic mass is 9.92. The van der Waals surface area contributed by atoms with E-state index < -0.39 is 0 Å². The van der Waals surface area contributed by atoms with E-state index in [1.54, 1.807) is 0 Å². The number of nitrogen functional groups attached to an aromatic ring is 1. The summed E-state index contributed by atoms with van der Waals surface area (Å²) in [4.78, 5) is 0. The number of rotatable bonds is 2. The van der Waals surface area contributed by atoms with Crippen molar-refractivity contribution in [3.05, 3.63) is 30.6 Å². The first kappa shape index (κ1) is 9.39. The van der Waals surface area contributed by atoms with Crippen molar-refractivity contribution in [2.45, 2.75) is 25.3 Å². The van der Waals surface area contributed by atoms with E-state index in [-0.39, 0.29) is 0 Å². The molecule has 0 atom stereocenters. The maximum atomic E-state index is 5.78. The second-order valence-corrected chi connectivity index (χ2v) is 4.27. The van der Waals surface area contributed by atoms with E-state index in [1.165, 1.54) is 19.3 Å². The highest BCUT2D eigenvalue weighted by Gasteiger charge is 2.22. The fraction of sp³-hybridized carbons (Fsp3) is 0.333.